The predicted octanol–water partition coefficient (Wildman–Crippen LogP) is 24.2. The van der Waals surface area contributed by atoms with E-state index in [4.69, 9.17) is 9.97 Å². The molecule has 0 radical (unpaired) electrons. The second kappa shape index (κ2) is 21.4. The van der Waals surface area contributed by atoms with Crippen LogP contribution in [0.25, 0.3) is 182 Å². The first-order valence-corrected chi connectivity index (χ1v) is 36.6. The van der Waals surface area contributed by atoms with Gasteiger partial charge in [0.15, 0.2) is 0 Å². The molecular formula is C96H70N8. The molecule has 2 aliphatic rings. The Balaban J connectivity index is 0.825. The molecule has 0 bridgehead atoms. The summed E-state index contributed by atoms with van der Waals surface area (Å²) in [7, 11) is 2.13. The molecule has 0 aliphatic heterocycles. The molecule has 0 saturated carbocycles. The highest BCUT2D eigenvalue weighted by atomic mass is 15.1. The van der Waals surface area contributed by atoms with Crippen molar-refractivity contribution >= 4 is 109 Å². The molecule has 0 N–H and O–H groups in total. The van der Waals surface area contributed by atoms with E-state index >= 15 is 0 Å². The quantitative estimate of drug-likeness (QED) is 0.145. The first-order valence-electron chi connectivity index (χ1n) is 36.6. The molecule has 6 aromatic heterocycles. The molecule has 0 fully saturated rings. The molecular weight excluding hydrogens is 1270 g/mol. The van der Waals surface area contributed by atoms with Crippen LogP contribution in [-0.2, 0) is 24.3 Å². The van der Waals surface area contributed by atoms with Crippen molar-refractivity contribution in [3.8, 4) is 73.2 Å². The lowest BCUT2D eigenvalue weighted by Crippen LogP contribution is -2.15. The largest absolute Gasteiger partial charge is 0.327 e. The van der Waals surface area contributed by atoms with Crippen LogP contribution in [-0.4, -0.2) is 37.4 Å². The molecule has 8 heteroatoms. The number of aromatic nitrogens is 8. The van der Waals surface area contributed by atoms with Crippen LogP contribution in [0, 0.1) is 0 Å². The highest BCUT2D eigenvalue weighted by Gasteiger charge is 2.44. The number of hydrogen-bond donors (Lipinski definition) is 0. The van der Waals surface area contributed by atoms with Gasteiger partial charge in [0.25, 0.3) is 0 Å². The summed E-state index contributed by atoms with van der Waals surface area (Å²) in [4.78, 5) is 10.6. The van der Waals surface area contributed by atoms with E-state index < -0.39 is 0 Å². The average molecular weight is 1340 g/mol. The summed E-state index contributed by atoms with van der Waals surface area (Å²) < 4.78 is 14.9. The van der Waals surface area contributed by atoms with Gasteiger partial charge in [-0.3, -0.25) is 4.57 Å². The summed E-state index contributed by atoms with van der Waals surface area (Å²) in [5, 5.41) is 9.94. The number of fused-ring (bicyclic) bond motifs is 26. The van der Waals surface area contributed by atoms with Crippen LogP contribution in [0.1, 0.15) is 69.1 Å². The number of rotatable bonds is 9. The Kier molecular flexibility index (Phi) is 12.1. The maximum atomic E-state index is 5.39. The van der Waals surface area contributed by atoms with Gasteiger partial charge in [0.1, 0.15) is 11.6 Å². The molecule has 2 aliphatic carbocycles. The van der Waals surface area contributed by atoms with Crippen molar-refractivity contribution in [2.24, 2.45) is 7.05 Å². The molecule has 14 aromatic carbocycles. The van der Waals surface area contributed by atoms with Crippen LogP contribution in [0.3, 0.4) is 0 Å². The van der Waals surface area contributed by atoms with Crippen molar-refractivity contribution in [3.05, 3.63) is 319 Å². The molecule has 0 unspecified atom stereocenters. The third-order valence-corrected chi connectivity index (χ3v) is 23.6. The zero-order valence-corrected chi connectivity index (χ0v) is 58.7. The number of imidazole rings is 2. The van der Waals surface area contributed by atoms with E-state index in [2.05, 4.69) is 360 Å². The standard InChI is InChI=1S/C96H70N8/c1-7-27-81-97-73-41-21-25-45-79(73)100(81)61-47-49-62(50-48-61)102-80-55-59(46-52-70(80)85-89-82(65-34-14-19-39-71(65)96(89,4)5)90-86(92(85)102)68-37-17-23-43-76(68)101(90)60-31-12-9-13-32-60)58-30-26-33-63(54-58)103-77-44-24-18-38-69(77)87-91(103)83-66-35-15-20-40-72(66)95(2,3)88(83)84-67-36-16-22-42-75(67)104(93(84)87)64-51-53-78-74(56-64)98-94(99(78)6)57-28-10-8-11-29-57/h8-26,28-56H,7,27H2,1-6H3. The molecule has 0 amide bonds. The Morgan fingerprint density at radius 1 is 0.308 bits per heavy atom. The van der Waals surface area contributed by atoms with Crippen molar-refractivity contribution in [2.45, 2.75) is 58.3 Å². The lowest BCUT2D eigenvalue weighted by Gasteiger charge is -2.23. The third kappa shape index (κ3) is 7.81. The molecule has 6 heterocycles. The molecule has 8 nitrogen and oxygen atoms in total. The fraction of sp³-hybridized carbons (Fsp3) is 0.104. The van der Waals surface area contributed by atoms with Gasteiger partial charge in [0, 0.05) is 113 Å². The fourth-order valence-electron chi connectivity index (χ4n) is 19.3. The van der Waals surface area contributed by atoms with Gasteiger partial charge < -0.3 is 22.8 Å². The van der Waals surface area contributed by atoms with E-state index in [1.165, 1.54) is 121 Å². The van der Waals surface area contributed by atoms with Crippen LogP contribution >= 0.6 is 0 Å². The van der Waals surface area contributed by atoms with Gasteiger partial charge in [-0.1, -0.05) is 223 Å². The average Bonchev–Trinajstić information content (AvgIpc) is 1.51. The first-order chi connectivity index (χ1) is 51.0. The van der Waals surface area contributed by atoms with Crippen molar-refractivity contribution in [1.29, 1.82) is 0 Å². The molecule has 0 saturated heterocycles. The first kappa shape index (κ1) is 59.0. The minimum Gasteiger partial charge on any atom is -0.327 e. The van der Waals surface area contributed by atoms with Crippen LogP contribution < -0.4 is 0 Å². The van der Waals surface area contributed by atoms with E-state index in [1.54, 1.807) is 0 Å². The highest BCUT2D eigenvalue weighted by molar-refractivity contribution is 6.34. The lowest BCUT2D eigenvalue weighted by atomic mass is 9.80. The van der Waals surface area contributed by atoms with Crippen molar-refractivity contribution in [3.63, 3.8) is 0 Å². The maximum absolute atomic E-state index is 5.39. The number of aryl methyl sites for hydroxylation is 2. The van der Waals surface area contributed by atoms with Gasteiger partial charge in [-0.25, -0.2) is 9.97 Å². The summed E-state index contributed by atoms with van der Waals surface area (Å²) in [6.45, 7) is 12.0. The van der Waals surface area contributed by atoms with Crippen molar-refractivity contribution in [1.82, 2.24) is 37.4 Å². The van der Waals surface area contributed by atoms with E-state index in [9.17, 15) is 0 Å². The highest BCUT2D eigenvalue weighted by Crippen LogP contribution is 2.61. The zero-order valence-electron chi connectivity index (χ0n) is 58.7. The SMILES string of the molecule is CCCc1nc2ccccc2n1-c1ccc(-n2c3cc(-c4cccc(-n5c6ccccc6c6c5c5c(c7c8ccccc8n(-c8ccc9c(c8)nc(-c8ccccc8)n9C)c76)C(C)(C)c6ccccc6-5)c4)ccc3c3c4c(c5c(c6ccccc6n5-c5ccccc5)c32)-c2ccccc2C4(C)C)cc1. The summed E-state index contributed by atoms with van der Waals surface area (Å²) in [6.07, 6.45) is 1.87. The van der Waals surface area contributed by atoms with Gasteiger partial charge in [0.05, 0.1) is 66.2 Å². The maximum Gasteiger partial charge on any atom is 0.140 e. The zero-order chi connectivity index (χ0) is 69.2. The second-order valence-electron chi connectivity index (χ2n) is 29.9. The van der Waals surface area contributed by atoms with Crippen LogP contribution in [0.15, 0.2) is 291 Å². The summed E-state index contributed by atoms with van der Waals surface area (Å²) >= 11 is 0. The Morgan fingerprint density at radius 2 is 0.750 bits per heavy atom. The van der Waals surface area contributed by atoms with E-state index in [-0.39, 0.29) is 10.8 Å². The van der Waals surface area contributed by atoms with Gasteiger partial charge >= 0.3 is 0 Å². The van der Waals surface area contributed by atoms with Gasteiger partial charge in [-0.05, 0) is 154 Å². The number of para-hydroxylation sites is 6. The van der Waals surface area contributed by atoms with E-state index in [1.807, 2.05) is 0 Å². The number of benzene rings is 14. The molecule has 20 aromatic rings. The number of nitrogens with zero attached hydrogens (tertiary/aromatic N) is 8. The van der Waals surface area contributed by atoms with Crippen molar-refractivity contribution in [2.75, 3.05) is 0 Å². The molecule has 494 valence electrons. The second-order valence-corrected chi connectivity index (χ2v) is 29.9. The van der Waals surface area contributed by atoms with Gasteiger partial charge in [-0.15, -0.1) is 0 Å². The topological polar surface area (TPSA) is 55.4 Å². The lowest BCUT2D eigenvalue weighted by molar-refractivity contribution is 0.666. The Hall–Kier alpha value is -12.8. The van der Waals surface area contributed by atoms with Crippen LogP contribution in [0.5, 0.6) is 0 Å². The summed E-state index contributed by atoms with van der Waals surface area (Å²) in [5.74, 6) is 2.02. The smallest absolute Gasteiger partial charge is 0.140 e. The predicted molar refractivity (Wildman–Crippen MR) is 433 cm³/mol. The summed E-state index contributed by atoms with van der Waals surface area (Å²) in [6, 6.07) is 109. The molecule has 0 spiro atoms. The third-order valence-electron chi connectivity index (χ3n) is 23.6. The molecule has 22 rings (SSSR count). The van der Waals surface area contributed by atoms with E-state index in [0.29, 0.717) is 0 Å². The fourth-order valence-corrected chi connectivity index (χ4v) is 19.3. The Morgan fingerprint density at radius 3 is 1.37 bits per heavy atom. The number of hydrogen-bond acceptors (Lipinski definition) is 2. The monoisotopic (exact) mass is 1330 g/mol. The molecule has 0 atom stereocenters. The van der Waals surface area contributed by atoms with Gasteiger partial charge in [0.2, 0.25) is 0 Å². The van der Waals surface area contributed by atoms with Crippen molar-refractivity contribution < 1.29 is 0 Å². The Bertz CT molecular complexity index is 7100. The van der Waals surface area contributed by atoms with Crippen LogP contribution in [0.4, 0.5) is 0 Å². The molecule has 104 heavy (non-hydrogen) atoms. The van der Waals surface area contributed by atoms with Gasteiger partial charge in [-0.2, -0.15) is 0 Å². The minimum absolute atomic E-state index is 0.355. The van der Waals surface area contributed by atoms with Crippen LogP contribution in [0.2, 0.25) is 0 Å². The van der Waals surface area contributed by atoms with E-state index in [0.717, 1.165) is 103 Å². The normalized spacial score (nSPS) is 13.7. The summed E-state index contributed by atoms with van der Waals surface area (Å²) in [5.41, 5.74) is 32.4. The minimum atomic E-state index is -0.359. The Labute approximate surface area is 600 Å².